The molecule has 1 atom stereocenters. The molecule has 9 nitrogen and oxygen atoms in total. The number of benzene rings is 2. The maximum absolute atomic E-state index is 14.1. The second-order valence-electron chi connectivity index (χ2n) is 11.9. The van der Waals surface area contributed by atoms with Gasteiger partial charge in [0.1, 0.15) is 17.3 Å². The molecule has 0 aliphatic carbocycles. The Morgan fingerprint density at radius 1 is 1.07 bits per heavy atom. The van der Waals surface area contributed by atoms with E-state index in [0.29, 0.717) is 17.0 Å². The number of pyridine rings is 1. The summed E-state index contributed by atoms with van der Waals surface area (Å²) in [4.78, 5) is 31.1. The second-order valence-corrected chi connectivity index (χ2v) is 16.7. The Bertz CT molecular complexity index is 1660. The van der Waals surface area contributed by atoms with Crippen molar-refractivity contribution in [3.05, 3.63) is 100 Å². The molecule has 0 aliphatic rings. The maximum atomic E-state index is 14.1. The Morgan fingerprint density at radius 3 is 2.35 bits per heavy atom. The van der Waals surface area contributed by atoms with Crippen LogP contribution in [0.2, 0.25) is 18.1 Å². The number of nitrogens with one attached hydrogen (secondary N) is 1. The molecule has 4 rings (SSSR count). The number of rotatable bonds is 10. The molecule has 0 saturated heterocycles. The minimum atomic E-state index is -2.24. The molecule has 2 heterocycles. The number of carbonyl (C=O) groups is 1. The number of methoxy groups -OCH3 is 2. The van der Waals surface area contributed by atoms with Crippen molar-refractivity contribution >= 4 is 25.7 Å². The van der Waals surface area contributed by atoms with Gasteiger partial charge in [-0.25, -0.2) is 14.2 Å². The molecule has 0 bridgehead atoms. The standard InChI is InChI=1S/C32H39FN4O5Si/c1-21-17-36(20-34-21)27-14-13-25(16-29(27)40-5)35-26-15-23(31(39)41-6)18-37(30(26)38)28(22-9-11-24(33)12-10-22)19-42-43(7,8)32(2,3)4/h9-18,20,28,35H,19H2,1-8H3. The fourth-order valence-corrected chi connectivity index (χ4v) is 5.36. The van der Waals surface area contributed by atoms with Crippen molar-refractivity contribution in [2.24, 2.45) is 0 Å². The van der Waals surface area contributed by atoms with Gasteiger partial charge in [0, 0.05) is 24.1 Å². The van der Waals surface area contributed by atoms with Gasteiger partial charge in [-0.05, 0) is 61.0 Å². The van der Waals surface area contributed by atoms with Crippen molar-refractivity contribution in [3.63, 3.8) is 0 Å². The molecule has 1 N–H and O–H groups in total. The van der Waals surface area contributed by atoms with Crippen molar-refractivity contribution in [1.29, 1.82) is 0 Å². The van der Waals surface area contributed by atoms with Crippen molar-refractivity contribution in [2.45, 2.75) is 51.9 Å². The van der Waals surface area contributed by atoms with E-state index in [1.165, 1.54) is 36.1 Å². The Hall–Kier alpha value is -4.22. The van der Waals surface area contributed by atoms with Crippen LogP contribution in [0.4, 0.5) is 15.8 Å². The van der Waals surface area contributed by atoms with Gasteiger partial charge in [0.05, 0.1) is 50.1 Å². The zero-order valence-corrected chi connectivity index (χ0v) is 26.9. The third kappa shape index (κ3) is 7.06. The van der Waals surface area contributed by atoms with Crippen LogP contribution in [0.25, 0.3) is 5.69 Å². The average Bonchev–Trinajstić information content (AvgIpc) is 3.40. The highest BCUT2D eigenvalue weighted by molar-refractivity contribution is 6.74. The van der Waals surface area contributed by atoms with Gasteiger partial charge in [-0.2, -0.15) is 0 Å². The van der Waals surface area contributed by atoms with E-state index in [0.717, 1.165) is 11.4 Å². The first-order chi connectivity index (χ1) is 20.2. The lowest BCUT2D eigenvalue weighted by Crippen LogP contribution is -2.43. The molecule has 1 unspecified atom stereocenters. The highest BCUT2D eigenvalue weighted by Crippen LogP contribution is 2.37. The van der Waals surface area contributed by atoms with E-state index >= 15 is 0 Å². The van der Waals surface area contributed by atoms with Crippen molar-refractivity contribution in [3.8, 4) is 11.4 Å². The third-order valence-electron chi connectivity index (χ3n) is 7.91. The minimum Gasteiger partial charge on any atom is -0.494 e. The molecule has 0 saturated carbocycles. The number of hydrogen-bond donors (Lipinski definition) is 1. The summed E-state index contributed by atoms with van der Waals surface area (Å²) in [6.07, 6.45) is 5.04. The first kappa shape index (κ1) is 31.7. The number of halogens is 1. The summed E-state index contributed by atoms with van der Waals surface area (Å²) in [5.41, 5.74) is 2.79. The zero-order chi connectivity index (χ0) is 31.5. The lowest BCUT2D eigenvalue weighted by atomic mass is 10.1. The number of carbonyl (C=O) groups excluding carboxylic acids is 1. The van der Waals surface area contributed by atoms with E-state index in [1.807, 2.05) is 23.8 Å². The number of aromatic nitrogens is 3. The maximum Gasteiger partial charge on any atom is 0.339 e. The first-order valence-corrected chi connectivity index (χ1v) is 16.8. The van der Waals surface area contributed by atoms with Crippen LogP contribution >= 0.6 is 0 Å². The number of ether oxygens (including phenoxy) is 2. The highest BCUT2D eigenvalue weighted by Gasteiger charge is 2.38. The Balaban J connectivity index is 1.81. The lowest BCUT2D eigenvalue weighted by molar-refractivity contribution is 0.0599. The molecule has 0 amide bonds. The van der Waals surface area contributed by atoms with Crippen molar-refractivity contribution < 1.29 is 23.1 Å². The van der Waals surface area contributed by atoms with Crippen LogP contribution in [-0.2, 0) is 9.16 Å². The van der Waals surface area contributed by atoms with Crippen molar-refractivity contribution in [2.75, 3.05) is 26.1 Å². The number of aryl methyl sites for hydroxylation is 1. The summed E-state index contributed by atoms with van der Waals surface area (Å²) in [5, 5.41) is 3.09. The van der Waals surface area contributed by atoms with E-state index in [1.54, 1.807) is 37.7 Å². The number of hydrogen-bond acceptors (Lipinski definition) is 7. The van der Waals surface area contributed by atoms with Gasteiger partial charge in [0.15, 0.2) is 8.32 Å². The van der Waals surface area contributed by atoms with Gasteiger partial charge in [-0.3, -0.25) is 4.79 Å². The topological polar surface area (TPSA) is 96.6 Å². The summed E-state index contributed by atoms with van der Waals surface area (Å²) in [7, 11) is 0.606. The molecule has 11 heteroatoms. The molecule has 228 valence electrons. The average molecular weight is 607 g/mol. The molecule has 0 fully saturated rings. The largest absolute Gasteiger partial charge is 0.494 e. The smallest absolute Gasteiger partial charge is 0.339 e. The first-order valence-electron chi connectivity index (χ1n) is 13.9. The zero-order valence-electron chi connectivity index (χ0n) is 25.9. The molecule has 0 radical (unpaired) electrons. The van der Waals surface area contributed by atoms with Crippen LogP contribution in [0.3, 0.4) is 0 Å². The summed E-state index contributed by atoms with van der Waals surface area (Å²) in [6.45, 7) is 12.7. The van der Waals surface area contributed by atoms with Crippen molar-refractivity contribution in [1.82, 2.24) is 14.1 Å². The van der Waals surface area contributed by atoms with Crippen LogP contribution in [0.15, 0.2) is 72.0 Å². The number of esters is 1. The second kappa shape index (κ2) is 12.6. The number of anilines is 2. The van der Waals surface area contributed by atoms with E-state index < -0.39 is 31.7 Å². The Kier molecular flexibility index (Phi) is 9.26. The van der Waals surface area contributed by atoms with Crippen LogP contribution in [0.1, 0.15) is 48.4 Å². The lowest BCUT2D eigenvalue weighted by Gasteiger charge is -2.37. The van der Waals surface area contributed by atoms with Crippen LogP contribution in [0.5, 0.6) is 5.75 Å². The molecule has 2 aromatic heterocycles. The van der Waals surface area contributed by atoms with E-state index in [9.17, 15) is 14.0 Å². The summed E-state index contributed by atoms with van der Waals surface area (Å²) >= 11 is 0. The molecule has 0 spiro atoms. The quantitative estimate of drug-likeness (QED) is 0.160. The third-order valence-corrected chi connectivity index (χ3v) is 12.4. The molecular formula is C32H39FN4O5Si. The number of nitrogens with zero attached hydrogens (tertiary/aromatic N) is 3. The Labute approximate surface area is 252 Å². The van der Waals surface area contributed by atoms with Crippen LogP contribution in [0, 0.1) is 12.7 Å². The molecule has 0 aliphatic heterocycles. The highest BCUT2D eigenvalue weighted by atomic mass is 28.4. The van der Waals surface area contributed by atoms with Gasteiger partial charge in [-0.15, -0.1) is 0 Å². The monoisotopic (exact) mass is 606 g/mol. The van der Waals surface area contributed by atoms with Gasteiger partial charge in [0.2, 0.25) is 0 Å². The molecule has 2 aromatic carbocycles. The summed E-state index contributed by atoms with van der Waals surface area (Å²) in [6, 6.07) is 12.2. The SMILES string of the molecule is COC(=O)c1cc(Nc2ccc(-n3cnc(C)c3)c(OC)c2)c(=O)n(C(CO[Si](C)(C)C(C)(C)C)c2ccc(F)cc2)c1. The molecule has 43 heavy (non-hydrogen) atoms. The van der Waals surface area contributed by atoms with Crippen LogP contribution in [-0.4, -0.2) is 49.2 Å². The van der Waals surface area contributed by atoms with Crippen LogP contribution < -0.4 is 15.6 Å². The van der Waals surface area contributed by atoms with Gasteiger partial charge >= 0.3 is 5.97 Å². The molecular weight excluding hydrogens is 567 g/mol. The van der Waals surface area contributed by atoms with E-state index in [4.69, 9.17) is 13.9 Å². The fourth-order valence-electron chi connectivity index (χ4n) is 4.36. The van der Waals surface area contributed by atoms with Gasteiger partial charge in [0.25, 0.3) is 5.56 Å². The minimum absolute atomic E-state index is 0.0769. The predicted octanol–water partition coefficient (Wildman–Crippen LogP) is 6.63. The summed E-state index contributed by atoms with van der Waals surface area (Å²) < 4.78 is 34.4. The van der Waals surface area contributed by atoms with Gasteiger partial charge in [-0.1, -0.05) is 32.9 Å². The predicted molar refractivity (Wildman–Crippen MR) is 168 cm³/mol. The fraction of sp³-hybridized carbons (Fsp3) is 0.344. The molecule has 4 aromatic rings. The number of imidazole rings is 1. The normalized spacial score (nSPS) is 12.6. The Morgan fingerprint density at radius 2 is 1.77 bits per heavy atom. The van der Waals surface area contributed by atoms with Gasteiger partial charge < -0.3 is 28.4 Å². The van der Waals surface area contributed by atoms with E-state index in [-0.39, 0.29) is 22.9 Å². The summed E-state index contributed by atoms with van der Waals surface area (Å²) in [5.74, 6) is -0.448. The van der Waals surface area contributed by atoms with E-state index in [2.05, 4.69) is 44.2 Å².